The van der Waals surface area contributed by atoms with E-state index in [9.17, 15) is 10.0 Å². The van der Waals surface area contributed by atoms with Gasteiger partial charge in [-0.25, -0.2) is 0 Å². The van der Waals surface area contributed by atoms with Gasteiger partial charge in [-0.1, -0.05) is 37.6 Å². The lowest BCUT2D eigenvalue weighted by Gasteiger charge is -2.16. The minimum absolute atomic E-state index is 0.137. The Morgan fingerprint density at radius 2 is 1.59 bits per heavy atom. The number of methoxy groups -OCH3 is 3. The van der Waals surface area contributed by atoms with E-state index in [1.54, 1.807) is 33.5 Å². The number of aromatic nitrogens is 1. The van der Waals surface area contributed by atoms with E-state index in [1.165, 1.54) is 0 Å². The number of hydrogen-bond acceptors (Lipinski definition) is 6. The summed E-state index contributed by atoms with van der Waals surface area (Å²) in [5, 5.41) is 16.4. The Kier molecular flexibility index (Phi) is 5.90. The molecule has 0 bridgehead atoms. The highest BCUT2D eigenvalue weighted by Crippen LogP contribution is 2.47. The summed E-state index contributed by atoms with van der Waals surface area (Å²) in [6, 6.07) is 12.9. The van der Waals surface area contributed by atoms with Crippen molar-refractivity contribution in [3.8, 4) is 34.3 Å². The Hall–Kier alpha value is -3.74. The van der Waals surface area contributed by atoms with Crippen LogP contribution in [0.3, 0.4) is 0 Å². The number of fused-ring (bicyclic) bond motifs is 2. The van der Waals surface area contributed by atoms with E-state index >= 15 is 0 Å². The number of hydrogen-bond donors (Lipinski definition) is 1. The van der Waals surface area contributed by atoms with E-state index in [0.29, 0.717) is 51.2 Å². The van der Waals surface area contributed by atoms with Gasteiger partial charge in [-0.2, -0.15) is 0 Å². The van der Waals surface area contributed by atoms with Crippen molar-refractivity contribution in [1.82, 2.24) is 4.57 Å². The van der Waals surface area contributed by atoms with Crippen molar-refractivity contribution in [3.05, 3.63) is 47.4 Å². The molecule has 166 valence electrons. The van der Waals surface area contributed by atoms with Crippen LogP contribution < -0.4 is 14.2 Å². The van der Waals surface area contributed by atoms with Crippen molar-refractivity contribution >= 4 is 27.4 Å². The first kappa shape index (κ1) is 21.5. The number of aromatic hydroxyl groups is 1. The molecule has 0 atom stereocenters. The lowest BCUT2D eigenvalue weighted by molar-refractivity contribution is 0.324. The molecule has 0 amide bonds. The van der Waals surface area contributed by atoms with Crippen molar-refractivity contribution in [1.29, 1.82) is 0 Å². The number of rotatable bonds is 8. The molecule has 0 aliphatic carbocycles. The zero-order valence-corrected chi connectivity index (χ0v) is 18.6. The summed E-state index contributed by atoms with van der Waals surface area (Å²) in [5.41, 5.74) is 2.54. The Bertz CT molecular complexity index is 1280. The number of phenolic OH excluding ortho intramolecular Hbond substituents is 1. The van der Waals surface area contributed by atoms with Crippen LogP contribution in [-0.4, -0.2) is 31.0 Å². The number of aryl methyl sites for hydroxylation is 1. The third kappa shape index (κ3) is 3.30. The summed E-state index contributed by atoms with van der Waals surface area (Å²) in [5.74, 6) is 1.69. The number of unbranched alkanes of at least 4 members (excludes halogenated alkanes) is 1. The smallest absolute Gasteiger partial charge is 0.203 e. The zero-order chi connectivity index (χ0) is 22.8. The zero-order valence-electron chi connectivity index (χ0n) is 18.6. The Morgan fingerprint density at radius 1 is 0.938 bits per heavy atom. The maximum absolute atomic E-state index is 11.9. The van der Waals surface area contributed by atoms with Crippen LogP contribution in [0.25, 0.3) is 32.9 Å². The number of benzene rings is 3. The third-order valence-electron chi connectivity index (χ3n) is 5.80. The minimum atomic E-state index is 0.137. The molecule has 4 rings (SSSR count). The van der Waals surface area contributed by atoms with Crippen LogP contribution in [0.2, 0.25) is 0 Å². The first-order chi connectivity index (χ1) is 15.6. The average molecular weight is 434 g/mol. The lowest BCUT2D eigenvalue weighted by Crippen LogP contribution is -2.02. The summed E-state index contributed by atoms with van der Waals surface area (Å²) in [6.45, 7) is 2.77. The van der Waals surface area contributed by atoms with Gasteiger partial charge in [-0.05, 0) is 29.8 Å². The number of nitroso groups, excluding NO2 is 1. The monoisotopic (exact) mass is 434 g/mol. The fraction of sp³-hybridized carbons (Fsp3) is 0.280. The summed E-state index contributed by atoms with van der Waals surface area (Å²) >= 11 is 0. The van der Waals surface area contributed by atoms with Crippen molar-refractivity contribution in [2.75, 3.05) is 21.3 Å². The molecule has 3 aromatic carbocycles. The van der Waals surface area contributed by atoms with Gasteiger partial charge < -0.3 is 23.9 Å². The summed E-state index contributed by atoms with van der Waals surface area (Å²) in [4.78, 5) is 11.9. The van der Waals surface area contributed by atoms with E-state index in [2.05, 4.69) is 12.1 Å². The topological polar surface area (TPSA) is 82.3 Å². The Labute approximate surface area is 186 Å². The summed E-state index contributed by atoms with van der Waals surface area (Å²) < 4.78 is 18.6. The number of ether oxygens (including phenoxy) is 3. The van der Waals surface area contributed by atoms with E-state index in [4.69, 9.17) is 14.2 Å². The van der Waals surface area contributed by atoms with Crippen LogP contribution in [0.15, 0.2) is 47.6 Å². The first-order valence-corrected chi connectivity index (χ1v) is 10.5. The van der Waals surface area contributed by atoms with Gasteiger partial charge >= 0.3 is 0 Å². The first-order valence-electron chi connectivity index (χ1n) is 10.5. The van der Waals surface area contributed by atoms with Gasteiger partial charge in [0.05, 0.1) is 26.8 Å². The molecule has 7 heteroatoms. The van der Waals surface area contributed by atoms with Crippen molar-refractivity contribution < 1.29 is 19.3 Å². The number of nitrogens with zero attached hydrogens (tertiary/aromatic N) is 2. The highest BCUT2D eigenvalue weighted by Gasteiger charge is 2.23. The van der Waals surface area contributed by atoms with Crippen molar-refractivity contribution in [3.63, 3.8) is 0 Å². The molecule has 0 radical (unpaired) electrons. The van der Waals surface area contributed by atoms with Gasteiger partial charge in [-0.15, -0.1) is 4.91 Å². The molecule has 0 unspecified atom stereocenters. The van der Waals surface area contributed by atoms with E-state index in [0.717, 1.165) is 24.1 Å². The van der Waals surface area contributed by atoms with Crippen LogP contribution in [0, 0.1) is 4.91 Å². The van der Waals surface area contributed by atoms with Gasteiger partial charge in [0.15, 0.2) is 11.5 Å². The van der Waals surface area contributed by atoms with Crippen LogP contribution >= 0.6 is 0 Å². The molecule has 0 spiro atoms. The SMILES string of the molecule is CCCCn1c(-c2cc(OC)c(OC)c(OC)c2)cc2c(N=O)c3ccccc3c(O)c21. The van der Waals surface area contributed by atoms with Crippen molar-refractivity contribution in [2.45, 2.75) is 26.3 Å². The molecule has 1 aromatic heterocycles. The maximum atomic E-state index is 11.9. The van der Waals surface area contributed by atoms with Crippen LogP contribution in [0.4, 0.5) is 5.69 Å². The highest BCUT2D eigenvalue weighted by molar-refractivity contribution is 6.15. The molecule has 4 aromatic rings. The molecule has 0 saturated heterocycles. The van der Waals surface area contributed by atoms with E-state index in [1.807, 2.05) is 34.9 Å². The largest absolute Gasteiger partial charge is 0.505 e. The average Bonchev–Trinajstić information content (AvgIpc) is 3.21. The lowest BCUT2D eigenvalue weighted by atomic mass is 10.0. The second kappa shape index (κ2) is 8.78. The van der Waals surface area contributed by atoms with Gasteiger partial charge in [-0.3, -0.25) is 0 Å². The van der Waals surface area contributed by atoms with Crippen LogP contribution in [0.1, 0.15) is 19.8 Å². The third-order valence-corrected chi connectivity index (χ3v) is 5.80. The van der Waals surface area contributed by atoms with Crippen LogP contribution in [0.5, 0.6) is 23.0 Å². The predicted octanol–water partition coefficient (Wildman–Crippen LogP) is 6.39. The van der Waals surface area contributed by atoms with E-state index in [-0.39, 0.29) is 5.75 Å². The molecule has 0 aliphatic heterocycles. The van der Waals surface area contributed by atoms with E-state index < -0.39 is 0 Å². The summed E-state index contributed by atoms with van der Waals surface area (Å²) in [7, 11) is 4.70. The van der Waals surface area contributed by atoms with Gasteiger partial charge in [0, 0.05) is 34.0 Å². The fourth-order valence-electron chi connectivity index (χ4n) is 4.27. The maximum Gasteiger partial charge on any atom is 0.203 e. The second-order valence-electron chi connectivity index (χ2n) is 7.55. The Balaban J connectivity index is 2.11. The molecule has 1 heterocycles. The van der Waals surface area contributed by atoms with Crippen molar-refractivity contribution in [2.24, 2.45) is 5.18 Å². The molecule has 0 saturated carbocycles. The number of phenols is 1. The van der Waals surface area contributed by atoms with Gasteiger partial charge in [0.2, 0.25) is 5.75 Å². The highest BCUT2D eigenvalue weighted by atomic mass is 16.5. The second-order valence-corrected chi connectivity index (χ2v) is 7.55. The van der Waals surface area contributed by atoms with Gasteiger partial charge in [0.1, 0.15) is 11.4 Å². The quantitative estimate of drug-likeness (QED) is 0.325. The molecular weight excluding hydrogens is 408 g/mol. The molecule has 32 heavy (non-hydrogen) atoms. The Morgan fingerprint density at radius 3 is 2.16 bits per heavy atom. The molecule has 1 N–H and O–H groups in total. The van der Waals surface area contributed by atoms with Gasteiger partial charge in [0.25, 0.3) is 0 Å². The van der Waals surface area contributed by atoms with Crippen LogP contribution in [-0.2, 0) is 6.54 Å². The minimum Gasteiger partial charge on any atom is -0.505 e. The predicted molar refractivity (Wildman–Crippen MR) is 127 cm³/mol. The standard InChI is InChI=1S/C25H26N2O5/c1-5-6-11-27-19(15-12-20(30-2)25(32-4)21(13-15)31-3)14-18-22(26-29)16-9-7-8-10-17(16)24(28)23(18)27/h7-10,12-14,28H,5-6,11H2,1-4H3. The normalized spacial score (nSPS) is 11.1. The molecular formula is C25H26N2O5. The fourth-order valence-corrected chi connectivity index (χ4v) is 4.27. The molecule has 0 aliphatic rings. The molecule has 0 fully saturated rings. The molecule has 7 nitrogen and oxygen atoms in total. The summed E-state index contributed by atoms with van der Waals surface area (Å²) in [6.07, 6.45) is 1.87.